The number of benzene rings is 2. The zero-order chi connectivity index (χ0) is 21.7. The van der Waals surface area contributed by atoms with E-state index in [2.05, 4.69) is 20.0 Å². The Labute approximate surface area is 192 Å². The van der Waals surface area contributed by atoms with Crippen LogP contribution in [0.1, 0.15) is 0 Å². The number of nitrogens with one attached hydrogen (secondary N) is 1. The van der Waals surface area contributed by atoms with Gasteiger partial charge in [0.2, 0.25) is 8.59 Å². The molecule has 0 aliphatic heterocycles. The number of aromatic nitrogens is 2. The van der Waals surface area contributed by atoms with Crippen LogP contribution in [0.2, 0.25) is 0 Å². The molecular weight excluding hydrogens is 471 g/mol. The Morgan fingerprint density at radius 3 is 2.37 bits per heavy atom. The molecular formula is C19H17Cl3N4O3S. The molecule has 3 rings (SSSR count). The summed E-state index contributed by atoms with van der Waals surface area (Å²) in [6.07, 6.45) is -1.98. The minimum absolute atomic E-state index is 0.303. The van der Waals surface area contributed by atoms with Gasteiger partial charge in [-0.3, -0.25) is 5.32 Å². The van der Waals surface area contributed by atoms with Crippen LogP contribution >= 0.6 is 46.3 Å². The van der Waals surface area contributed by atoms with Crippen LogP contribution < -0.4 is 14.9 Å². The molecule has 1 N–H and O–H groups in total. The maximum absolute atomic E-state index is 11.6. The Bertz CT molecular complexity index is 1060. The molecule has 1 heterocycles. The number of halogens is 3. The highest BCUT2D eigenvalue weighted by molar-refractivity contribution is 7.04. The Morgan fingerprint density at radius 2 is 1.80 bits per heavy atom. The maximum Gasteiger partial charge on any atom is 0.408 e. The van der Waals surface area contributed by atoms with Gasteiger partial charge in [0, 0.05) is 5.56 Å². The topological polar surface area (TPSA) is 77.7 Å². The van der Waals surface area contributed by atoms with Gasteiger partial charge < -0.3 is 9.47 Å². The van der Waals surface area contributed by atoms with Gasteiger partial charge >= 0.3 is 6.09 Å². The highest BCUT2D eigenvalue weighted by Gasteiger charge is 2.34. The van der Waals surface area contributed by atoms with Gasteiger partial charge in [-0.1, -0.05) is 53.0 Å². The third-order valence-corrected chi connectivity index (χ3v) is 5.44. The Balaban J connectivity index is 2.12. The Hall–Kier alpha value is -2.26. The number of alkyl carbamates (subject to hydrolysis) is 1. The second-order valence-electron chi connectivity index (χ2n) is 5.88. The van der Waals surface area contributed by atoms with Crippen molar-refractivity contribution >= 4 is 52.4 Å². The summed E-state index contributed by atoms with van der Waals surface area (Å²) < 4.78 is 9.80. The summed E-state index contributed by atoms with van der Waals surface area (Å²) in [5.41, 5.74) is 1.72. The van der Waals surface area contributed by atoms with Crippen LogP contribution in [0.4, 0.5) is 4.79 Å². The Kier molecular flexibility index (Phi) is 7.25. The number of hydrogen-bond donors (Lipinski definition) is 1. The van der Waals surface area contributed by atoms with E-state index < -0.39 is 16.1 Å². The fourth-order valence-corrected chi connectivity index (χ4v) is 3.68. The second kappa shape index (κ2) is 9.70. The minimum Gasteiger partial charge on any atom is -0.497 e. The number of rotatable bonds is 5. The molecule has 0 saturated carbocycles. The third kappa shape index (κ3) is 5.46. The first-order valence-corrected chi connectivity index (χ1v) is 10.5. The van der Waals surface area contributed by atoms with Gasteiger partial charge in [0.1, 0.15) is 5.75 Å². The van der Waals surface area contributed by atoms with Crippen LogP contribution in [0, 0.1) is 0 Å². The van der Waals surface area contributed by atoms with Crippen LogP contribution in [0.5, 0.6) is 5.75 Å². The van der Waals surface area contributed by atoms with E-state index in [1.54, 1.807) is 7.11 Å². The van der Waals surface area contributed by atoms with E-state index in [1.807, 2.05) is 58.6 Å². The van der Waals surface area contributed by atoms with Crippen molar-refractivity contribution in [2.75, 3.05) is 14.2 Å². The number of carbonyl (C=O) groups excluding carboxylic acids is 1. The number of para-hydroxylation sites is 1. The molecule has 0 aliphatic rings. The summed E-state index contributed by atoms with van der Waals surface area (Å²) in [6, 6.07) is 17.1. The number of alkyl halides is 3. The van der Waals surface area contributed by atoms with Crippen molar-refractivity contribution in [3.8, 4) is 22.8 Å². The number of nitrogens with zero attached hydrogens (tertiary/aromatic N) is 3. The molecule has 0 aliphatic carbocycles. The SMILES string of the molecule is COC(=O)N[C@H](N=c1nc(-c2ccc(OC)cc2)n(-c2ccccc2)s1)C(Cl)(Cl)Cl. The van der Waals surface area contributed by atoms with Crippen LogP contribution in [-0.2, 0) is 4.74 Å². The van der Waals surface area contributed by atoms with Gasteiger partial charge in [-0.2, -0.15) is 4.98 Å². The van der Waals surface area contributed by atoms with Crippen LogP contribution in [0.3, 0.4) is 0 Å². The Morgan fingerprint density at radius 1 is 1.13 bits per heavy atom. The van der Waals surface area contributed by atoms with Gasteiger partial charge in [0.25, 0.3) is 0 Å². The summed E-state index contributed by atoms with van der Waals surface area (Å²) >= 11 is 19.2. The van der Waals surface area contributed by atoms with Crippen LogP contribution in [0.25, 0.3) is 17.1 Å². The van der Waals surface area contributed by atoms with E-state index in [9.17, 15) is 4.79 Å². The summed E-state index contributed by atoms with van der Waals surface area (Å²) in [7, 11) is 2.81. The molecule has 0 unspecified atom stereocenters. The van der Waals surface area contributed by atoms with Gasteiger partial charge in [-0.05, 0) is 47.9 Å². The molecule has 1 aromatic heterocycles. The van der Waals surface area contributed by atoms with Crippen LogP contribution in [-0.4, -0.2) is 39.2 Å². The molecule has 7 nitrogen and oxygen atoms in total. The normalized spacial score (nSPS) is 13.0. The van der Waals surface area contributed by atoms with Gasteiger partial charge in [-0.15, -0.1) is 0 Å². The molecule has 158 valence electrons. The number of methoxy groups -OCH3 is 2. The van der Waals surface area contributed by atoms with E-state index >= 15 is 0 Å². The third-order valence-electron chi connectivity index (χ3n) is 3.90. The van der Waals surface area contributed by atoms with E-state index in [4.69, 9.17) is 39.5 Å². The van der Waals surface area contributed by atoms with Crippen LogP contribution in [0.15, 0.2) is 59.6 Å². The van der Waals surface area contributed by atoms with Crippen molar-refractivity contribution in [1.82, 2.24) is 14.3 Å². The molecule has 1 atom stereocenters. The fourth-order valence-electron chi connectivity index (χ4n) is 2.46. The van der Waals surface area contributed by atoms with E-state index in [-0.39, 0.29) is 0 Å². The van der Waals surface area contributed by atoms with Gasteiger partial charge in [0.05, 0.1) is 19.9 Å². The molecule has 30 heavy (non-hydrogen) atoms. The second-order valence-corrected chi connectivity index (χ2v) is 9.16. The molecule has 0 fully saturated rings. The molecule has 0 radical (unpaired) electrons. The van der Waals surface area contributed by atoms with Crippen molar-refractivity contribution in [2.45, 2.75) is 9.96 Å². The molecule has 3 aromatic rings. The highest BCUT2D eigenvalue weighted by atomic mass is 35.6. The molecule has 1 amide bonds. The predicted octanol–water partition coefficient (Wildman–Crippen LogP) is 4.56. The summed E-state index contributed by atoms with van der Waals surface area (Å²) in [5.74, 6) is 1.36. The lowest BCUT2D eigenvalue weighted by Crippen LogP contribution is -2.43. The summed E-state index contributed by atoms with van der Waals surface area (Å²) in [6.45, 7) is 0. The molecule has 0 spiro atoms. The van der Waals surface area contributed by atoms with Crippen molar-refractivity contribution in [1.29, 1.82) is 0 Å². The smallest absolute Gasteiger partial charge is 0.408 e. The zero-order valence-electron chi connectivity index (χ0n) is 15.9. The first-order valence-electron chi connectivity index (χ1n) is 8.57. The first kappa shape index (κ1) is 22.4. The van der Waals surface area contributed by atoms with Crippen molar-refractivity contribution in [3.63, 3.8) is 0 Å². The number of carbonyl (C=O) groups is 1. The average Bonchev–Trinajstić information content (AvgIpc) is 3.17. The van der Waals surface area contributed by atoms with E-state index in [0.29, 0.717) is 10.6 Å². The molecule has 2 aromatic carbocycles. The minimum atomic E-state index is -1.91. The van der Waals surface area contributed by atoms with Gasteiger partial charge in [-0.25, -0.2) is 13.7 Å². The van der Waals surface area contributed by atoms with Crippen molar-refractivity contribution in [3.05, 3.63) is 59.4 Å². The van der Waals surface area contributed by atoms with E-state index in [0.717, 1.165) is 17.0 Å². The van der Waals surface area contributed by atoms with E-state index in [1.165, 1.54) is 18.6 Å². The fraction of sp³-hybridized carbons (Fsp3) is 0.211. The monoisotopic (exact) mass is 486 g/mol. The molecule has 0 bridgehead atoms. The predicted molar refractivity (Wildman–Crippen MR) is 119 cm³/mol. The number of ether oxygens (including phenoxy) is 2. The quantitative estimate of drug-likeness (QED) is 0.535. The largest absolute Gasteiger partial charge is 0.497 e. The molecule has 11 heteroatoms. The summed E-state index contributed by atoms with van der Waals surface area (Å²) in [5, 5.41) is 2.40. The molecule has 0 saturated heterocycles. The lowest BCUT2D eigenvalue weighted by atomic mass is 10.2. The lowest BCUT2D eigenvalue weighted by Gasteiger charge is -2.20. The van der Waals surface area contributed by atoms with Crippen molar-refractivity contribution < 1.29 is 14.3 Å². The standard InChI is InChI=1S/C19H17Cl3N4O3S/c1-28-14-10-8-12(9-11-14)15-23-17(30-26(15)13-6-4-3-5-7-13)24-16(19(20,21)22)25-18(27)29-2/h3-11,16H,1-2H3,(H,25,27)/t16-/m0/s1. The van der Waals surface area contributed by atoms with Gasteiger partial charge in [0.15, 0.2) is 12.0 Å². The zero-order valence-corrected chi connectivity index (χ0v) is 19.0. The maximum atomic E-state index is 11.6. The lowest BCUT2D eigenvalue weighted by molar-refractivity contribution is 0.167. The number of hydrogen-bond acceptors (Lipinski definition) is 6. The highest BCUT2D eigenvalue weighted by Crippen LogP contribution is 2.31. The summed E-state index contributed by atoms with van der Waals surface area (Å²) in [4.78, 5) is 20.9. The average molecular weight is 488 g/mol. The van der Waals surface area contributed by atoms with Crippen molar-refractivity contribution in [2.24, 2.45) is 4.99 Å². The first-order chi connectivity index (χ1) is 14.3. The number of amides is 1.